The maximum Gasteiger partial charge on any atom is 0.254 e. The average molecular weight is 247 g/mol. The lowest BCUT2D eigenvalue weighted by molar-refractivity contribution is 0.208. The normalized spacial score (nSPS) is 20.6. The summed E-state index contributed by atoms with van der Waals surface area (Å²) in [6, 6.07) is 2.03. The molecule has 18 heavy (non-hydrogen) atoms. The molecule has 3 heterocycles. The lowest BCUT2D eigenvalue weighted by Crippen LogP contribution is -2.38. The predicted molar refractivity (Wildman–Crippen MR) is 67.5 cm³/mol. The van der Waals surface area contributed by atoms with Crippen LogP contribution in [0.25, 0.3) is 5.78 Å². The van der Waals surface area contributed by atoms with E-state index < -0.39 is 0 Å². The van der Waals surface area contributed by atoms with Gasteiger partial charge in [0.05, 0.1) is 0 Å². The van der Waals surface area contributed by atoms with Crippen molar-refractivity contribution in [3.8, 4) is 0 Å². The highest BCUT2D eigenvalue weighted by molar-refractivity contribution is 5.47. The van der Waals surface area contributed by atoms with E-state index in [1.165, 1.54) is 6.33 Å². The third-order valence-corrected chi connectivity index (χ3v) is 3.46. The molecule has 2 aromatic rings. The van der Waals surface area contributed by atoms with E-state index in [-0.39, 0.29) is 6.61 Å². The Labute approximate surface area is 105 Å². The minimum absolute atomic E-state index is 0.251. The van der Waals surface area contributed by atoms with Gasteiger partial charge in [-0.25, -0.2) is 4.98 Å². The Bertz CT molecular complexity index is 552. The van der Waals surface area contributed by atoms with Crippen molar-refractivity contribution < 1.29 is 5.11 Å². The summed E-state index contributed by atoms with van der Waals surface area (Å²) in [6.07, 6.45) is 3.72. The molecule has 0 saturated carbocycles. The van der Waals surface area contributed by atoms with Gasteiger partial charge in [-0.1, -0.05) is 0 Å². The topological polar surface area (TPSA) is 66.5 Å². The largest absolute Gasteiger partial charge is 0.396 e. The molecule has 3 rings (SSSR count). The zero-order chi connectivity index (χ0) is 12.5. The van der Waals surface area contributed by atoms with Crippen molar-refractivity contribution in [1.82, 2.24) is 19.6 Å². The summed E-state index contributed by atoms with van der Waals surface area (Å²) in [5.41, 5.74) is 0.941. The van der Waals surface area contributed by atoms with Crippen molar-refractivity contribution in [3.63, 3.8) is 0 Å². The third kappa shape index (κ3) is 1.92. The predicted octanol–water partition coefficient (Wildman–Crippen LogP) is 0.641. The Balaban J connectivity index is 2.00. The van der Waals surface area contributed by atoms with Crippen LogP contribution in [0.5, 0.6) is 0 Å². The fraction of sp³-hybridized carbons (Fsp3) is 0.583. The number of nitrogens with zero attached hydrogens (tertiary/aromatic N) is 5. The monoisotopic (exact) mass is 247 g/mol. The number of aliphatic hydroxyl groups excluding tert-OH is 1. The molecule has 0 aromatic carbocycles. The number of rotatable bonds is 2. The summed E-state index contributed by atoms with van der Waals surface area (Å²) < 4.78 is 1.77. The van der Waals surface area contributed by atoms with E-state index in [2.05, 4.69) is 20.0 Å². The SMILES string of the molecule is Cc1cc(N2CCCC(CO)C2)n2ncnc2n1. The molecule has 2 aromatic heterocycles. The van der Waals surface area contributed by atoms with Crippen molar-refractivity contribution in [3.05, 3.63) is 18.1 Å². The average Bonchev–Trinajstić information content (AvgIpc) is 2.85. The van der Waals surface area contributed by atoms with Crippen molar-refractivity contribution in [2.24, 2.45) is 5.92 Å². The lowest BCUT2D eigenvalue weighted by Gasteiger charge is -2.33. The first-order valence-corrected chi connectivity index (χ1v) is 6.31. The Kier molecular flexibility index (Phi) is 2.87. The number of aromatic nitrogens is 4. The molecule has 0 amide bonds. The number of fused-ring (bicyclic) bond motifs is 1. The number of hydrogen-bond donors (Lipinski definition) is 1. The van der Waals surface area contributed by atoms with Crippen LogP contribution in [-0.4, -0.2) is 44.4 Å². The van der Waals surface area contributed by atoms with Gasteiger partial charge in [-0.2, -0.15) is 14.6 Å². The van der Waals surface area contributed by atoms with Gasteiger partial charge in [0.25, 0.3) is 5.78 Å². The summed E-state index contributed by atoms with van der Waals surface area (Å²) >= 11 is 0. The van der Waals surface area contributed by atoms with Crippen LogP contribution >= 0.6 is 0 Å². The summed E-state index contributed by atoms with van der Waals surface area (Å²) in [7, 11) is 0. The number of piperidine rings is 1. The zero-order valence-corrected chi connectivity index (χ0v) is 10.5. The molecule has 1 unspecified atom stereocenters. The summed E-state index contributed by atoms with van der Waals surface area (Å²) in [4.78, 5) is 10.7. The molecule has 1 N–H and O–H groups in total. The Morgan fingerprint density at radius 1 is 1.50 bits per heavy atom. The van der Waals surface area contributed by atoms with Crippen LogP contribution < -0.4 is 4.90 Å². The number of hydrogen-bond acceptors (Lipinski definition) is 5. The van der Waals surface area contributed by atoms with Crippen LogP contribution in [0, 0.1) is 12.8 Å². The van der Waals surface area contributed by atoms with E-state index in [9.17, 15) is 5.11 Å². The molecule has 1 fully saturated rings. The van der Waals surface area contributed by atoms with Gasteiger partial charge >= 0.3 is 0 Å². The molecular formula is C12H17N5O. The second-order valence-corrected chi connectivity index (χ2v) is 4.86. The molecular weight excluding hydrogens is 230 g/mol. The second kappa shape index (κ2) is 4.53. The van der Waals surface area contributed by atoms with E-state index in [1.54, 1.807) is 4.52 Å². The first-order chi connectivity index (χ1) is 8.78. The van der Waals surface area contributed by atoms with Crippen molar-refractivity contribution in [2.45, 2.75) is 19.8 Å². The van der Waals surface area contributed by atoms with Gasteiger partial charge < -0.3 is 10.0 Å². The molecule has 0 radical (unpaired) electrons. The Morgan fingerprint density at radius 2 is 2.39 bits per heavy atom. The second-order valence-electron chi connectivity index (χ2n) is 4.86. The molecule has 6 heteroatoms. The molecule has 1 aliphatic rings. The summed E-state index contributed by atoms with van der Waals surface area (Å²) in [5, 5.41) is 13.5. The molecule has 6 nitrogen and oxygen atoms in total. The van der Waals surface area contributed by atoms with Gasteiger partial charge in [0.2, 0.25) is 0 Å². The van der Waals surface area contributed by atoms with Gasteiger partial charge in [-0.05, 0) is 25.7 Å². The Hall–Kier alpha value is -1.69. The van der Waals surface area contributed by atoms with Gasteiger partial charge in [-0.3, -0.25) is 0 Å². The van der Waals surface area contributed by atoms with E-state index in [4.69, 9.17) is 0 Å². The molecule has 1 atom stereocenters. The van der Waals surface area contributed by atoms with Gasteiger partial charge in [0, 0.05) is 31.5 Å². The summed E-state index contributed by atoms with van der Waals surface area (Å²) in [5.74, 6) is 2.01. The van der Waals surface area contributed by atoms with Crippen LogP contribution in [0.1, 0.15) is 18.5 Å². The molecule has 1 aliphatic heterocycles. The van der Waals surface area contributed by atoms with Crippen molar-refractivity contribution >= 4 is 11.6 Å². The highest BCUT2D eigenvalue weighted by atomic mass is 16.3. The standard InChI is InChI=1S/C12H17N5O/c1-9-5-11(17-12(15-9)13-8-14-17)16-4-2-3-10(6-16)7-18/h5,8,10,18H,2-4,6-7H2,1H3. The maximum absolute atomic E-state index is 9.31. The highest BCUT2D eigenvalue weighted by Crippen LogP contribution is 2.23. The fourth-order valence-electron chi connectivity index (χ4n) is 2.56. The Morgan fingerprint density at radius 3 is 3.22 bits per heavy atom. The minimum atomic E-state index is 0.251. The minimum Gasteiger partial charge on any atom is -0.396 e. The molecule has 0 spiro atoms. The molecule has 96 valence electrons. The maximum atomic E-state index is 9.31. The molecule has 1 saturated heterocycles. The number of aliphatic hydroxyl groups is 1. The van der Waals surface area contributed by atoms with Gasteiger partial charge in [-0.15, -0.1) is 0 Å². The van der Waals surface area contributed by atoms with Crippen LogP contribution in [0.3, 0.4) is 0 Å². The van der Waals surface area contributed by atoms with Crippen LogP contribution in [0.2, 0.25) is 0 Å². The van der Waals surface area contributed by atoms with Crippen LogP contribution in [-0.2, 0) is 0 Å². The third-order valence-electron chi connectivity index (χ3n) is 3.46. The number of aryl methyl sites for hydroxylation is 1. The summed E-state index contributed by atoms with van der Waals surface area (Å²) in [6.45, 7) is 4.08. The number of anilines is 1. The highest BCUT2D eigenvalue weighted by Gasteiger charge is 2.22. The molecule has 0 bridgehead atoms. The fourth-order valence-corrected chi connectivity index (χ4v) is 2.56. The first-order valence-electron chi connectivity index (χ1n) is 6.31. The zero-order valence-electron chi connectivity index (χ0n) is 10.5. The lowest BCUT2D eigenvalue weighted by atomic mass is 9.99. The van der Waals surface area contributed by atoms with E-state index >= 15 is 0 Å². The smallest absolute Gasteiger partial charge is 0.254 e. The van der Waals surface area contributed by atoms with Crippen molar-refractivity contribution in [2.75, 3.05) is 24.6 Å². The van der Waals surface area contributed by atoms with E-state index in [1.807, 2.05) is 13.0 Å². The quantitative estimate of drug-likeness (QED) is 0.843. The first kappa shape index (κ1) is 11.4. The van der Waals surface area contributed by atoms with Crippen molar-refractivity contribution in [1.29, 1.82) is 0 Å². The van der Waals surface area contributed by atoms with Crippen LogP contribution in [0.4, 0.5) is 5.82 Å². The van der Waals surface area contributed by atoms with Crippen LogP contribution in [0.15, 0.2) is 12.4 Å². The van der Waals surface area contributed by atoms with Gasteiger partial charge in [0.15, 0.2) is 0 Å². The van der Waals surface area contributed by atoms with E-state index in [0.717, 1.165) is 37.4 Å². The molecule has 0 aliphatic carbocycles. The van der Waals surface area contributed by atoms with Gasteiger partial charge in [0.1, 0.15) is 12.1 Å². The van der Waals surface area contributed by atoms with E-state index in [0.29, 0.717) is 11.7 Å².